The SMILES string of the molecule is NC(N)=NC(=O)[C@H]1C2C=CC(C2)[C@@H]1c1ccccc1Cl. The highest BCUT2D eigenvalue weighted by Crippen LogP contribution is 2.54. The number of carbonyl (C=O) groups excluding carboxylic acids is 1. The lowest BCUT2D eigenvalue weighted by Crippen LogP contribution is -2.30. The van der Waals surface area contributed by atoms with E-state index in [0.717, 1.165) is 12.0 Å². The fraction of sp³-hybridized carbons (Fsp3) is 0.333. The Morgan fingerprint density at radius 2 is 1.90 bits per heavy atom. The van der Waals surface area contributed by atoms with Gasteiger partial charge >= 0.3 is 0 Å². The van der Waals surface area contributed by atoms with Gasteiger partial charge in [-0.25, -0.2) is 0 Å². The average Bonchev–Trinajstić information content (AvgIpc) is 2.98. The van der Waals surface area contributed by atoms with Gasteiger partial charge in [0.25, 0.3) is 5.91 Å². The van der Waals surface area contributed by atoms with Gasteiger partial charge in [0.1, 0.15) is 0 Å². The minimum absolute atomic E-state index is 0.0642. The van der Waals surface area contributed by atoms with Crippen molar-refractivity contribution in [3.8, 4) is 0 Å². The van der Waals surface area contributed by atoms with Crippen LogP contribution < -0.4 is 11.5 Å². The number of carbonyl (C=O) groups is 1. The molecule has 0 spiro atoms. The molecule has 2 aliphatic rings. The summed E-state index contributed by atoms with van der Waals surface area (Å²) >= 11 is 6.30. The number of nitrogens with two attached hydrogens (primary N) is 2. The van der Waals surface area contributed by atoms with Crippen LogP contribution in [0, 0.1) is 17.8 Å². The zero-order chi connectivity index (χ0) is 14.3. The zero-order valence-corrected chi connectivity index (χ0v) is 11.6. The van der Waals surface area contributed by atoms with Crippen LogP contribution >= 0.6 is 11.6 Å². The van der Waals surface area contributed by atoms with Gasteiger partial charge in [-0.1, -0.05) is 42.0 Å². The van der Waals surface area contributed by atoms with Gasteiger partial charge in [-0.2, -0.15) is 4.99 Å². The maximum Gasteiger partial charge on any atom is 0.253 e. The third-order valence-electron chi connectivity index (χ3n) is 4.25. The molecule has 2 aliphatic carbocycles. The van der Waals surface area contributed by atoms with E-state index < -0.39 is 0 Å². The number of fused-ring (bicyclic) bond motifs is 2. The second-order valence-electron chi connectivity index (χ2n) is 5.40. The molecule has 0 aliphatic heterocycles. The monoisotopic (exact) mass is 289 g/mol. The maximum atomic E-state index is 12.3. The highest BCUT2D eigenvalue weighted by atomic mass is 35.5. The van der Waals surface area contributed by atoms with E-state index in [2.05, 4.69) is 17.1 Å². The van der Waals surface area contributed by atoms with E-state index in [1.54, 1.807) is 0 Å². The summed E-state index contributed by atoms with van der Waals surface area (Å²) in [5.41, 5.74) is 11.7. The molecule has 2 bridgehead atoms. The Morgan fingerprint density at radius 1 is 1.20 bits per heavy atom. The molecule has 0 radical (unpaired) electrons. The predicted molar refractivity (Wildman–Crippen MR) is 79.2 cm³/mol. The van der Waals surface area contributed by atoms with E-state index in [9.17, 15) is 4.79 Å². The molecule has 104 valence electrons. The molecular weight excluding hydrogens is 274 g/mol. The molecule has 1 amide bonds. The van der Waals surface area contributed by atoms with E-state index in [1.807, 2.05) is 24.3 Å². The number of hydrogen-bond acceptors (Lipinski definition) is 1. The molecule has 5 heteroatoms. The summed E-state index contributed by atoms with van der Waals surface area (Å²) in [5, 5.41) is 0.695. The van der Waals surface area contributed by atoms with Gasteiger partial charge < -0.3 is 11.5 Å². The van der Waals surface area contributed by atoms with Gasteiger partial charge in [0.15, 0.2) is 5.96 Å². The van der Waals surface area contributed by atoms with Crippen molar-refractivity contribution in [2.24, 2.45) is 34.2 Å². The van der Waals surface area contributed by atoms with Crippen molar-refractivity contribution in [2.75, 3.05) is 0 Å². The van der Waals surface area contributed by atoms with Crippen LogP contribution in [0.15, 0.2) is 41.4 Å². The number of halogens is 1. The second-order valence-corrected chi connectivity index (χ2v) is 5.80. The molecule has 0 heterocycles. The summed E-state index contributed by atoms with van der Waals surface area (Å²) in [6.07, 6.45) is 5.24. The Labute approximate surface area is 122 Å². The summed E-state index contributed by atoms with van der Waals surface area (Å²) in [5.74, 6) is -0.0346. The van der Waals surface area contributed by atoms with Crippen molar-refractivity contribution in [3.05, 3.63) is 47.0 Å². The highest BCUT2D eigenvalue weighted by molar-refractivity contribution is 6.31. The fourth-order valence-electron chi connectivity index (χ4n) is 3.53. The highest BCUT2D eigenvalue weighted by Gasteiger charge is 2.49. The molecule has 4 N–H and O–H groups in total. The second kappa shape index (κ2) is 4.94. The standard InChI is InChI=1S/C15H16ClN3O/c16-11-4-2-1-3-10(11)12-8-5-6-9(7-8)13(12)14(20)19-15(17)18/h1-6,8-9,12-13H,7H2,(H4,17,18,19,20)/t8?,9?,12-,13+/m1/s1. The Balaban J connectivity index is 2.00. The van der Waals surface area contributed by atoms with E-state index in [-0.39, 0.29) is 29.6 Å². The van der Waals surface area contributed by atoms with Crippen LogP contribution in [0.2, 0.25) is 5.02 Å². The lowest BCUT2D eigenvalue weighted by atomic mass is 9.78. The van der Waals surface area contributed by atoms with Crippen molar-refractivity contribution in [1.29, 1.82) is 0 Å². The quantitative estimate of drug-likeness (QED) is 0.497. The smallest absolute Gasteiger partial charge is 0.253 e. The van der Waals surface area contributed by atoms with Gasteiger partial charge in [0.05, 0.1) is 5.92 Å². The Kier molecular flexibility index (Phi) is 3.26. The Morgan fingerprint density at radius 3 is 2.60 bits per heavy atom. The molecule has 0 saturated heterocycles. The van der Waals surface area contributed by atoms with Gasteiger partial charge in [0, 0.05) is 10.9 Å². The number of aliphatic imine (C=N–C) groups is 1. The first-order valence-corrected chi connectivity index (χ1v) is 7.02. The predicted octanol–water partition coefficient (Wildman–Crippen LogP) is 2.05. The maximum absolute atomic E-state index is 12.3. The molecular formula is C15H16ClN3O. The number of nitrogens with zero attached hydrogens (tertiary/aromatic N) is 1. The largest absolute Gasteiger partial charge is 0.370 e. The summed E-state index contributed by atoms with van der Waals surface area (Å²) in [6, 6.07) is 7.67. The van der Waals surface area contributed by atoms with Crippen LogP contribution in [0.3, 0.4) is 0 Å². The summed E-state index contributed by atoms with van der Waals surface area (Å²) in [6.45, 7) is 0. The molecule has 2 unspecified atom stereocenters. The molecule has 1 fully saturated rings. The van der Waals surface area contributed by atoms with E-state index in [0.29, 0.717) is 10.9 Å². The number of benzene rings is 1. The Hall–Kier alpha value is -1.81. The van der Waals surface area contributed by atoms with E-state index in [4.69, 9.17) is 23.1 Å². The van der Waals surface area contributed by atoms with Crippen LogP contribution in [0.1, 0.15) is 17.9 Å². The van der Waals surface area contributed by atoms with Crippen LogP contribution in [0.4, 0.5) is 0 Å². The molecule has 3 rings (SSSR count). The topological polar surface area (TPSA) is 81.5 Å². The molecule has 1 aromatic carbocycles. The third kappa shape index (κ3) is 2.10. The van der Waals surface area contributed by atoms with E-state index >= 15 is 0 Å². The summed E-state index contributed by atoms with van der Waals surface area (Å²) < 4.78 is 0. The zero-order valence-electron chi connectivity index (χ0n) is 10.9. The van der Waals surface area contributed by atoms with Gasteiger partial charge in [-0.05, 0) is 29.9 Å². The minimum Gasteiger partial charge on any atom is -0.370 e. The third-order valence-corrected chi connectivity index (χ3v) is 4.59. The fourth-order valence-corrected chi connectivity index (χ4v) is 3.79. The minimum atomic E-state index is -0.244. The number of rotatable bonds is 2. The molecule has 1 saturated carbocycles. The van der Waals surface area contributed by atoms with Crippen LogP contribution in [0.25, 0.3) is 0 Å². The lowest BCUT2D eigenvalue weighted by Gasteiger charge is -2.26. The molecule has 4 nitrogen and oxygen atoms in total. The lowest BCUT2D eigenvalue weighted by molar-refractivity contribution is -0.122. The summed E-state index contributed by atoms with van der Waals surface area (Å²) in [4.78, 5) is 16.1. The van der Waals surface area contributed by atoms with Crippen molar-refractivity contribution in [2.45, 2.75) is 12.3 Å². The van der Waals surface area contributed by atoms with Crippen LogP contribution in [0.5, 0.6) is 0 Å². The van der Waals surface area contributed by atoms with Crippen molar-refractivity contribution in [3.63, 3.8) is 0 Å². The van der Waals surface area contributed by atoms with Gasteiger partial charge in [0.2, 0.25) is 0 Å². The normalized spacial score (nSPS) is 30.4. The number of allylic oxidation sites excluding steroid dienone is 2. The Bertz CT molecular complexity index is 607. The van der Waals surface area contributed by atoms with Crippen molar-refractivity contribution in [1.82, 2.24) is 0 Å². The molecule has 0 aromatic heterocycles. The first kappa shape index (κ1) is 13.2. The van der Waals surface area contributed by atoms with Crippen LogP contribution in [-0.2, 0) is 4.79 Å². The van der Waals surface area contributed by atoms with Crippen LogP contribution in [-0.4, -0.2) is 11.9 Å². The number of amides is 1. The van der Waals surface area contributed by atoms with Gasteiger partial charge in [-0.3, -0.25) is 4.79 Å². The average molecular weight is 290 g/mol. The molecule has 20 heavy (non-hydrogen) atoms. The van der Waals surface area contributed by atoms with E-state index in [1.165, 1.54) is 0 Å². The van der Waals surface area contributed by atoms with Gasteiger partial charge in [-0.15, -0.1) is 0 Å². The van der Waals surface area contributed by atoms with Crippen molar-refractivity contribution >= 4 is 23.5 Å². The number of guanidine groups is 1. The van der Waals surface area contributed by atoms with Crippen molar-refractivity contribution < 1.29 is 4.79 Å². The number of hydrogen-bond donors (Lipinski definition) is 2. The first-order chi connectivity index (χ1) is 9.58. The molecule has 4 atom stereocenters. The molecule has 1 aromatic rings. The first-order valence-electron chi connectivity index (χ1n) is 6.64. The summed E-state index contributed by atoms with van der Waals surface area (Å²) in [7, 11) is 0.